The predicted molar refractivity (Wildman–Crippen MR) is 69.0 cm³/mol. The van der Waals surface area contributed by atoms with Gasteiger partial charge in [-0.3, -0.25) is 9.59 Å². The van der Waals surface area contributed by atoms with E-state index in [0.29, 0.717) is 32.0 Å². The summed E-state index contributed by atoms with van der Waals surface area (Å²) in [6.07, 6.45) is 1.33. The van der Waals surface area contributed by atoms with Crippen molar-refractivity contribution in [1.29, 1.82) is 0 Å². The van der Waals surface area contributed by atoms with Gasteiger partial charge in [-0.15, -0.1) is 0 Å². The molecule has 0 spiro atoms. The molecule has 0 bridgehead atoms. The van der Waals surface area contributed by atoms with Crippen molar-refractivity contribution in [2.24, 2.45) is 11.3 Å². The average Bonchev–Trinajstić information content (AvgIpc) is 2.74. The van der Waals surface area contributed by atoms with Crippen LogP contribution in [0.4, 0.5) is 0 Å². The topological polar surface area (TPSA) is 61.4 Å². The standard InChI is InChI=1S/C13H23N3O2/c1-10(2)13(4-5-14-9-13)12(18)16-7-3-11(17)15-6-8-16/h10,14H,3-9H2,1-2H3,(H,15,17). The van der Waals surface area contributed by atoms with Gasteiger partial charge in [-0.1, -0.05) is 13.8 Å². The summed E-state index contributed by atoms with van der Waals surface area (Å²) in [5.74, 6) is 0.597. The normalized spacial score (nSPS) is 29.3. The van der Waals surface area contributed by atoms with Crippen molar-refractivity contribution in [2.75, 3.05) is 32.7 Å². The second-order valence-corrected chi connectivity index (χ2v) is 5.63. The molecule has 0 aromatic rings. The largest absolute Gasteiger partial charge is 0.354 e. The summed E-state index contributed by atoms with van der Waals surface area (Å²) in [5, 5.41) is 6.12. The Morgan fingerprint density at radius 3 is 2.72 bits per heavy atom. The molecule has 5 nitrogen and oxygen atoms in total. The molecule has 0 radical (unpaired) electrons. The summed E-state index contributed by atoms with van der Waals surface area (Å²) in [6.45, 7) is 7.68. The summed E-state index contributed by atoms with van der Waals surface area (Å²) < 4.78 is 0. The minimum absolute atomic E-state index is 0.0495. The maximum atomic E-state index is 12.8. The van der Waals surface area contributed by atoms with Crippen LogP contribution in [0, 0.1) is 11.3 Å². The number of amides is 2. The van der Waals surface area contributed by atoms with E-state index in [2.05, 4.69) is 24.5 Å². The fourth-order valence-electron chi connectivity index (χ4n) is 2.92. The Labute approximate surface area is 108 Å². The van der Waals surface area contributed by atoms with Crippen LogP contribution in [0.3, 0.4) is 0 Å². The minimum atomic E-state index is -0.270. The average molecular weight is 253 g/mol. The second-order valence-electron chi connectivity index (χ2n) is 5.63. The Morgan fingerprint density at radius 2 is 2.11 bits per heavy atom. The van der Waals surface area contributed by atoms with E-state index < -0.39 is 0 Å². The molecule has 5 heteroatoms. The van der Waals surface area contributed by atoms with Crippen LogP contribution < -0.4 is 10.6 Å². The van der Waals surface area contributed by atoms with Gasteiger partial charge in [0.1, 0.15) is 0 Å². The van der Waals surface area contributed by atoms with Crippen molar-refractivity contribution >= 4 is 11.8 Å². The van der Waals surface area contributed by atoms with Gasteiger partial charge in [0.05, 0.1) is 5.41 Å². The molecule has 0 aliphatic carbocycles. The van der Waals surface area contributed by atoms with Crippen LogP contribution in [0.25, 0.3) is 0 Å². The third-order valence-electron chi connectivity index (χ3n) is 4.32. The van der Waals surface area contributed by atoms with Gasteiger partial charge in [-0.05, 0) is 18.9 Å². The third kappa shape index (κ3) is 2.36. The lowest BCUT2D eigenvalue weighted by atomic mass is 9.75. The Bertz CT molecular complexity index is 335. The molecule has 102 valence electrons. The number of hydrogen-bond acceptors (Lipinski definition) is 3. The summed E-state index contributed by atoms with van der Waals surface area (Å²) in [5.41, 5.74) is -0.270. The minimum Gasteiger partial charge on any atom is -0.354 e. The van der Waals surface area contributed by atoms with Crippen LogP contribution >= 0.6 is 0 Å². The van der Waals surface area contributed by atoms with Crippen LogP contribution in [0.5, 0.6) is 0 Å². The number of hydrogen-bond donors (Lipinski definition) is 2. The van der Waals surface area contributed by atoms with E-state index in [-0.39, 0.29) is 17.2 Å². The number of rotatable bonds is 2. The molecule has 2 amide bonds. The van der Waals surface area contributed by atoms with Crippen molar-refractivity contribution in [3.05, 3.63) is 0 Å². The molecule has 0 aromatic carbocycles. The van der Waals surface area contributed by atoms with Crippen LogP contribution in [0.15, 0.2) is 0 Å². The van der Waals surface area contributed by atoms with Crippen LogP contribution in [0.1, 0.15) is 26.7 Å². The van der Waals surface area contributed by atoms with Crippen molar-refractivity contribution in [1.82, 2.24) is 15.5 Å². The lowest BCUT2D eigenvalue weighted by molar-refractivity contribution is -0.143. The van der Waals surface area contributed by atoms with E-state index in [4.69, 9.17) is 0 Å². The van der Waals surface area contributed by atoms with Crippen molar-refractivity contribution in [2.45, 2.75) is 26.7 Å². The summed E-state index contributed by atoms with van der Waals surface area (Å²) in [4.78, 5) is 26.0. The van der Waals surface area contributed by atoms with Gasteiger partial charge in [0.2, 0.25) is 11.8 Å². The molecular formula is C13H23N3O2. The molecule has 2 N–H and O–H groups in total. The molecule has 2 rings (SSSR count). The summed E-state index contributed by atoms with van der Waals surface area (Å²) in [6, 6.07) is 0. The molecule has 2 saturated heterocycles. The molecule has 0 aromatic heterocycles. The van der Waals surface area contributed by atoms with Crippen LogP contribution in [0.2, 0.25) is 0 Å². The van der Waals surface area contributed by atoms with Crippen molar-refractivity contribution in [3.63, 3.8) is 0 Å². The van der Waals surface area contributed by atoms with E-state index in [9.17, 15) is 9.59 Å². The molecule has 2 heterocycles. The fraction of sp³-hybridized carbons (Fsp3) is 0.846. The van der Waals surface area contributed by atoms with E-state index in [1.165, 1.54) is 0 Å². The van der Waals surface area contributed by atoms with Gasteiger partial charge in [0, 0.05) is 32.6 Å². The fourth-order valence-corrected chi connectivity index (χ4v) is 2.92. The first-order valence-corrected chi connectivity index (χ1v) is 6.83. The lowest BCUT2D eigenvalue weighted by Crippen LogP contribution is -2.49. The molecule has 0 saturated carbocycles. The molecule has 2 aliphatic rings. The summed E-state index contributed by atoms with van der Waals surface area (Å²) in [7, 11) is 0. The van der Waals surface area contributed by atoms with Gasteiger partial charge < -0.3 is 15.5 Å². The molecule has 2 fully saturated rings. The Hall–Kier alpha value is -1.10. The highest BCUT2D eigenvalue weighted by molar-refractivity contribution is 5.85. The highest BCUT2D eigenvalue weighted by Gasteiger charge is 2.46. The highest BCUT2D eigenvalue weighted by Crippen LogP contribution is 2.36. The Kier molecular flexibility index (Phi) is 3.90. The van der Waals surface area contributed by atoms with Crippen molar-refractivity contribution < 1.29 is 9.59 Å². The first-order valence-electron chi connectivity index (χ1n) is 6.83. The van der Waals surface area contributed by atoms with Crippen molar-refractivity contribution in [3.8, 4) is 0 Å². The first kappa shape index (κ1) is 13.3. The summed E-state index contributed by atoms with van der Waals surface area (Å²) >= 11 is 0. The van der Waals surface area contributed by atoms with Crippen LogP contribution in [-0.2, 0) is 9.59 Å². The molecule has 1 unspecified atom stereocenters. The van der Waals surface area contributed by atoms with Crippen LogP contribution in [-0.4, -0.2) is 49.4 Å². The number of nitrogens with one attached hydrogen (secondary N) is 2. The Morgan fingerprint density at radius 1 is 1.33 bits per heavy atom. The smallest absolute Gasteiger partial charge is 0.230 e. The third-order valence-corrected chi connectivity index (χ3v) is 4.32. The van der Waals surface area contributed by atoms with E-state index in [1.54, 1.807) is 0 Å². The molecular weight excluding hydrogens is 230 g/mol. The Balaban J connectivity index is 2.11. The van der Waals surface area contributed by atoms with Gasteiger partial charge in [0.25, 0.3) is 0 Å². The zero-order chi connectivity index (χ0) is 13.2. The number of nitrogens with zero attached hydrogens (tertiary/aromatic N) is 1. The zero-order valence-corrected chi connectivity index (χ0v) is 11.3. The van der Waals surface area contributed by atoms with E-state index in [1.807, 2.05) is 4.90 Å². The van der Waals surface area contributed by atoms with Gasteiger partial charge in [0.15, 0.2) is 0 Å². The van der Waals surface area contributed by atoms with Gasteiger partial charge in [-0.2, -0.15) is 0 Å². The highest BCUT2D eigenvalue weighted by atomic mass is 16.2. The predicted octanol–water partition coefficient (Wildman–Crippen LogP) is -0.0294. The number of carbonyl (C=O) groups excluding carboxylic acids is 2. The number of carbonyl (C=O) groups is 2. The van der Waals surface area contributed by atoms with Gasteiger partial charge >= 0.3 is 0 Å². The lowest BCUT2D eigenvalue weighted by Gasteiger charge is -2.36. The molecule has 2 aliphatic heterocycles. The maximum absolute atomic E-state index is 12.8. The van der Waals surface area contributed by atoms with Gasteiger partial charge in [-0.25, -0.2) is 0 Å². The zero-order valence-electron chi connectivity index (χ0n) is 11.3. The maximum Gasteiger partial charge on any atom is 0.230 e. The first-order chi connectivity index (χ1) is 8.56. The quantitative estimate of drug-likeness (QED) is 0.726. The molecule has 1 atom stereocenters. The molecule has 18 heavy (non-hydrogen) atoms. The second kappa shape index (κ2) is 5.26. The monoisotopic (exact) mass is 253 g/mol. The van der Waals surface area contributed by atoms with E-state index in [0.717, 1.165) is 19.5 Å². The van der Waals surface area contributed by atoms with E-state index >= 15 is 0 Å². The SMILES string of the molecule is CC(C)C1(C(=O)N2CCNC(=O)CC2)CCNC1.